The lowest BCUT2D eigenvalue weighted by molar-refractivity contribution is 0.477. The molecule has 0 spiro atoms. The molecular formula is C11H12N2OS. The molecule has 0 aliphatic heterocycles. The lowest BCUT2D eigenvalue weighted by Crippen LogP contribution is -1.90. The van der Waals surface area contributed by atoms with Gasteiger partial charge in [0.15, 0.2) is 0 Å². The smallest absolute Gasteiger partial charge is 0.278 e. The van der Waals surface area contributed by atoms with Gasteiger partial charge in [-0.25, -0.2) is 4.98 Å². The first-order valence-electron chi connectivity index (χ1n) is 4.61. The number of hydrogen-bond donors (Lipinski definition) is 1. The van der Waals surface area contributed by atoms with E-state index in [1.807, 2.05) is 37.4 Å². The van der Waals surface area contributed by atoms with Gasteiger partial charge in [-0.2, -0.15) is 0 Å². The number of ether oxygens (including phenoxy) is 1. The van der Waals surface area contributed by atoms with Crippen LogP contribution in [0.15, 0.2) is 23.6 Å². The lowest BCUT2D eigenvalue weighted by atomic mass is 10.2. The van der Waals surface area contributed by atoms with Crippen LogP contribution in [0.4, 0.5) is 5.69 Å². The molecule has 0 fully saturated rings. The molecule has 0 saturated carbocycles. The highest BCUT2D eigenvalue weighted by molar-refractivity contribution is 7.11. The number of aryl methyl sites for hydroxylation is 2. The van der Waals surface area contributed by atoms with Gasteiger partial charge in [-0.3, -0.25) is 0 Å². The van der Waals surface area contributed by atoms with E-state index in [2.05, 4.69) is 4.98 Å². The Morgan fingerprint density at radius 2 is 2.13 bits per heavy atom. The third kappa shape index (κ3) is 2.27. The molecule has 0 aliphatic carbocycles. The fourth-order valence-corrected chi connectivity index (χ4v) is 1.86. The Morgan fingerprint density at radius 3 is 2.73 bits per heavy atom. The number of anilines is 1. The van der Waals surface area contributed by atoms with Crippen LogP contribution >= 0.6 is 11.3 Å². The molecular weight excluding hydrogens is 208 g/mol. The van der Waals surface area contributed by atoms with Crippen molar-refractivity contribution in [3.8, 4) is 10.9 Å². The maximum absolute atomic E-state index is 5.72. The summed E-state index contributed by atoms with van der Waals surface area (Å²) < 4.78 is 5.59. The highest BCUT2D eigenvalue weighted by atomic mass is 32.1. The van der Waals surface area contributed by atoms with E-state index in [1.165, 1.54) is 11.3 Å². The topological polar surface area (TPSA) is 48.1 Å². The van der Waals surface area contributed by atoms with E-state index in [0.717, 1.165) is 22.7 Å². The third-order valence-electron chi connectivity index (χ3n) is 2.04. The summed E-state index contributed by atoms with van der Waals surface area (Å²) >= 11 is 1.49. The molecule has 15 heavy (non-hydrogen) atoms. The van der Waals surface area contributed by atoms with Crippen molar-refractivity contribution in [1.29, 1.82) is 0 Å². The van der Waals surface area contributed by atoms with Gasteiger partial charge in [-0.05, 0) is 37.6 Å². The monoisotopic (exact) mass is 220 g/mol. The zero-order valence-electron chi connectivity index (χ0n) is 8.65. The normalized spacial score (nSPS) is 10.3. The average molecular weight is 220 g/mol. The van der Waals surface area contributed by atoms with Gasteiger partial charge in [0.05, 0.1) is 5.69 Å². The fourth-order valence-electron chi connectivity index (χ4n) is 1.19. The van der Waals surface area contributed by atoms with Crippen LogP contribution in [0.1, 0.15) is 11.3 Å². The van der Waals surface area contributed by atoms with E-state index in [9.17, 15) is 0 Å². The number of aromatic nitrogens is 1. The van der Waals surface area contributed by atoms with Gasteiger partial charge in [-0.15, -0.1) is 0 Å². The minimum Gasteiger partial charge on any atom is -0.431 e. The highest BCUT2D eigenvalue weighted by Gasteiger charge is 2.02. The van der Waals surface area contributed by atoms with Gasteiger partial charge in [0.2, 0.25) is 0 Å². The fraction of sp³-hybridized carbons (Fsp3) is 0.182. The van der Waals surface area contributed by atoms with Crippen molar-refractivity contribution >= 4 is 17.0 Å². The molecule has 0 aliphatic rings. The van der Waals surface area contributed by atoms with E-state index in [1.54, 1.807) is 0 Å². The minimum absolute atomic E-state index is 0.664. The maximum Gasteiger partial charge on any atom is 0.278 e. The van der Waals surface area contributed by atoms with Crippen molar-refractivity contribution < 1.29 is 4.74 Å². The number of nitrogens with two attached hydrogens (primary N) is 1. The van der Waals surface area contributed by atoms with Gasteiger partial charge in [0.1, 0.15) is 5.75 Å². The van der Waals surface area contributed by atoms with E-state index >= 15 is 0 Å². The molecule has 0 saturated heterocycles. The molecule has 2 rings (SSSR count). The lowest BCUT2D eigenvalue weighted by Gasteiger charge is -2.04. The third-order valence-corrected chi connectivity index (χ3v) is 2.88. The maximum atomic E-state index is 5.72. The molecule has 1 aromatic heterocycles. The van der Waals surface area contributed by atoms with Crippen molar-refractivity contribution in [2.75, 3.05) is 5.73 Å². The molecule has 0 atom stereocenters. The number of nitrogen functional groups attached to an aromatic ring is 1. The van der Waals surface area contributed by atoms with Gasteiger partial charge in [-0.1, -0.05) is 11.3 Å². The van der Waals surface area contributed by atoms with Gasteiger partial charge in [0, 0.05) is 11.1 Å². The number of hydrogen-bond acceptors (Lipinski definition) is 4. The first-order valence-corrected chi connectivity index (χ1v) is 5.49. The van der Waals surface area contributed by atoms with Gasteiger partial charge in [0.25, 0.3) is 5.19 Å². The summed E-state index contributed by atoms with van der Waals surface area (Å²) in [5.74, 6) is 0.774. The molecule has 0 bridgehead atoms. The van der Waals surface area contributed by atoms with Gasteiger partial charge < -0.3 is 10.5 Å². The second kappa shape index (κ2) is 3.90. The Morgan fingerprint density at radius 1 is 1.33 bits per heavy atom. The molecule has 1 heterocycles. The summed E-state index contributed by atoms with van der Waals surface area (Å²) in [5, 5.41) is 2.62. The van der Waals surface area contributed by atoms with Crippen LogP contribution in [0.5, 0.6) is 10.9 Å². The summed E-state index contributed by atoms with van der Waals surface area (Å²) in [5.41, 5.74) is 8.48. The Balaban J connectivity index is 2.21. The van der Waals surface area contributed by atoms with Crippen molar-refractivity contribution in [2.24, 2.45) is 0 Å². The second-order valence-electron chi connectivity index (χ2n) is 3.38. The zero-order chi connectivity index (χ0) is 10.8. The SMILES string of the molecule is Cc1csc(Oc2ccc(N)c(C)c2)n1. The number of nitrogens with zero attached hydrogens (tertiary/aromatic N) is 1. The Labute approximate surface area is 92.5 Å². The number of rotatable bonds is 2. The Hall–Kier alpha value is -1.55. The van der Waals surface area contributed by atoms with E-state index in [4.69, 9.17) is 10.5 Å². The van der Waals surface area contributed by atoms with Crippen molar-refractivity contribution in [3.63, 3.8) is 0 Å². The quantitative estimate of drug-likeness (QED) is 0.791. The van der Waals surface area contributed by atoms with E-state index in [-0.39, 0.29) is 0 Å². The zero-order valence-corrected chi connectivity index (χ0v) is 9.47. The minimum atomic E-state index is 0.664. The Bertz CT molecular complexity index is 479. The summed E-state index contributed by atoms with van der Waals surface area (Å²) in [6.45, 7) is 3.90. The summed E-state index contributed by atoms with van der Waals surface area (Å²) in [4.78, 5) is 4.22. The van der Waals surface area contributed by atoms with Crippen molar-refractivity contribution in [2.45, 2.75) is 13.8 Å². The second-order valence-corrected chi connectivity index (χ2v) is 4.20. The predicted molar refractivity (Wildman–Crippen MR) is 62.5 cm³/mol. The number of benzene rings is 1. The molecule has 3 nitrogen and oxygen atoms in total. The molecule has 2 aromatic rings. The van der Waals surface area contributed by atoms with Crippen LogP contribution in [-0.4, -0.2) is 4.98 Å². The largest absolute Gasteiger partial charge is 0.431 e. The molecule has 0 amide bonds. The molecule has 0 radical (unpaired) electrons. The molecule has 1 aromatic carbocycles. The van der Waals surface area contributed by atoms with Crippen LogP contribution < -0.4 is 10.5 Å². The number of thiazole rings is 1. The predicted octanol–water partition coefficient (Wildman–Crippen LogP) is 3.13. The standard InChI is InChI=1S/C11H12N2OS/c1-7-5-9(3-4-10(7)12)14-11-13-8(2)6-15-11/h3-6H,12H2,1-2H3. The molecule has 4 heteroatoms. The van der Waals surface area contributed by atoms with Crippen LogP contribution in [0, 0.1) is 13.8 Å². The van der Waals surface area contributed by atoms with Crippen LogP contribution in [-0.2, 0) is 0 Å². The van der Waals surface area contributed by atoms with Crippen LogP contribution in [0.2, 0.25) is 0 Å². The van der Waals surface area contributed by atoms with Crippen molar-refractivity contribution in [1.82, 2.24) is 4.98 Å². The first-order chi connectivity index (χ1) is 7.15. The summed E-state index contributed by atoms with van der Waals surface area (Å²) in [6, 6.07) is 5.59. The Kier molecular flexibility index (Phi) is 2.60. The first kappa shape index (κ1) is 9.98. The molecule has 2 N–H and O–H groups in total. The highest BCUT2D eigenvalue weighted by Crippen LogP contribution is 2.26. The van der Waals surface area contributed by atoms with E-state index < -0.39 is 0 Å². The summed E-state index contributed by atoms with van der Waals surface area (Å²) in [7, 11) is 0. The van der Waals surface area contributed by atoms with Crippen LogP contribution in [0.3, 0.4) is 0 Å². The van der Waals surface area contributed by atoms with E-state index in [0.29, 0.717) is 5.19 Å². The average Bonchev–Trinajstić information content (AvgIpc) is 2.58. The van der Waals surface area contributed by atoms with Gasteiger partial charge >= 0.3 is 0 Å². The molecule has 0 unspecified atom stereocenters. The molecule has 78 valence electrons. The van der Waals surface area contributed by atoms with Crippen LogP contribution in [0.25, 0.3) is 0 Å². The van der Waals surface area contributed by atoms with Crippen molar-refractivity contribution in [3.05, 3.63) is 34.8 Å². The summed E-state index contributed by atoms with van der Waals surface area (Å²) in [6.07, 6.45) is 0.